The van der Waals surface area contributed by atoms with Crippen molar-refractivity contribution in [1.29, 1.82) is 0 Å². The number of halogens is 4. The second kappa shape index (κ2) is 5.61. The predicted molar refractivity (Wildman–Crippen MR) is 43.0 cm³/mol. The van der Waals surface area contributed by atoms with E-state index in [1.807, 2.05) is 0 Å². The molecule has 0 aromatic heterocycles. The quantitative estimate of drug-likeness (QED) is 0.496. The first-order chi connectivity index (χ1) is 6.41. The van der Waals surface area contributed by atoms with Crippen LogP contribution in [0.25, 0.3) is 0 Å². The number of hydrogen-bond donors (Lipinski definition) is 2. The van der Waals surface area contributed by atoms with Crippen molar-refractivity contribution in [2.75, 3.05) is 0 Å². The lowest BCUT2D eigenvalue weighted by Gasteiger charge is -2.04. The molecule has 2 nitrogen and oxygen atoms in total. The highest BCUT2D eigenvalue weighted by Crippen LogP contribution is 2.28. The molecule has 0 amide bonds. The highest BCUT2D eigenvalue weighted by Gasteiger charge is 2.29. The second-order valence-corrected chi connectivity index (χ2v) is 2.15. The zero-order valence-corrected chi connectivity index (χ0v) is 6.92. The third-order valence-electron chi connectivity index (χ3n) is 1.17. The molecule has 0 unspecified atom stereocenters. The summed E-state index contributed by atoms with van der Waals surface area (Å²) in [5.74, 6) is -0.669. The van der Waals surface area contributed by atoms with Gasteiger partial charge in [0.2, 0.25) is 0 Å². The van der Waals surface area contributed by atoms with E-state index < -0.39 is 25.2 Å². The standard InChI is InChI=1S/C7H4F4.BH3O2/c8-6-3-1-5(2-4-6)7(9,10)11;2-1-3/h1-4H;1-3H. The fraction of sp³-hybridized carbons (Fsp3) is 0.143. The van der Waals surface area contributed by atoms with Gasteiger partial charge in [0, 0.05) is 0 Å². The topological polar surface area (TPSA) is 40.5 Å². The summed E-state index contributed by atoms with van der Waals surface area (Å²) >= 11 is 0. The number of benzene rings is 1. The van der Waals surface area contributed by atoms with Gasteiger partial charge < -0.3 is 10.0 Å². The molecule has 0 aliphatic carbocycles. The van der Waals surface area contributed by atoms with E-state index in [-0.39, 0.29) is 0 Å². The monoisotopic (exact) mass is 210 g/mol. The molecule has 1 aromatic carbocycles. The average Bonchev–Trinajstić information content (AvgIpc) is 2.04. The molecule has 0 radical (unpaired) electrons. The van der Waals surface area contributed by atoms with Gasteiger partial charge in [-0.2, -0.15) is 13.2 Å². The Morgan fingerprint density at radius 3 is 1.64 bits per heavy atom. The number of hydrogen-bond acceptors (Lipinski definition) is 2. The molecule has 2 N–H and O–H groups in total. The normalized spacial score (nSPS) is 10.1. The summed E-state index contributed by atoms with van der Waals surface area (Å²) in [4.78, 5) is 0. The van der Waals surface area contributed by atoms with Crippen LogP contribution in [-0.4, -0.2) is 17.7 Å². The maximum atomic E-state index is 12.1. The molecular formula is C7H7BF4O2. The van der Waals surface area contributed by atoms with Crippen LogP contribution in [0.15, 0.2) is 24.3 Å². The van der Waals surface area contributed by atoms with Gasteiger partial charge in [0.15, 0.2) is 0 Å². The highest BCUT2D eigenvalue weighted by atomic mass is 19.4. The second-order valence-electron chi connectivity index (χ2n) is 2.15. The Morgan fingerprint density at radius 1 is 1.00 bits per heavy atom. The Hall–Kier alpha value is -1.08. The van der Waals surface area contributed by atoms with E-state index in [1.165, 1.54) is 0 Å². The van der Waals surface area contributed by atoms with Gasteiger partial charge in [0.1, 0.15) is 5.82 Å². The average molecular weight is 210 g/mol. The minimum absolute atomic E-state index is 0.669. The maximum Gasteiger partial charge on any atom is 0.432 e. The zero-order chi connectivity index (χ0) is 11.2. The van der Waals surface area contributed by atoms with E-state index in [1.54, 1.807) is 0 Å². The molecule has 0 fully saturated rings. The Morgan fingerprint density at radius 2 is 1.36 bits per heavy atom. The molecule has 1 aromatic rings. The van der Waals surface area contributed by atoms with Crippen molar-refractivity contribution in [3.8, 4) is 0 Å². The summed E-state index contributed by atoms with van der Waals surface area (Å²) in [6, 6.07) is 2.97. The molecule has 0 saturated carbocycles. The van der Waals surface area contributed by atoms with Crippen LogP contribution in [0.4, 0.5) is 17.6 Å². The van der Waals surface area contributed by atoms with Crippen molar-refractivity contribution < 1.29 is 27.6 Å². The minimum Gasteiger partial charge on any atom is -0.430 e. The van der Waals surface area contributed by atoms with E-state index in [2.05, 4.69) is 0 Å². The van der Waals surface area contributed by atoms with Crippen LogP contribution in [0.3, 0.4) is 0 Å². The largest absolute Gasteiger partial charge is 0.432 e. The smallest absolute Gasteiger partial charge is 0.430 e. The van der Waals surface area contributed by atoms with Crippen molar-refractivity contribution in [2.24, 2.45) is 0 Å². The van der Waals surface area contributed by atoms with Gasteiger partial charge in [0.05, 0.1) is 5.56 Å². The van der Waals surface area contributed by atoms with Crippen LogP contribution >= 0.6 is 0 Å². The van der Waals surface area contributed by atoms with Gasteiger partial charge in [-0.1, -0.05) is 0 Å². The van der Waals surface area contributed by atoms with Crippen LogP contribution in [-0.2, 0) is 6.18 Å². The molecule has 14 heavy (non-hydrogen) atoms. The first-order valence-corrected chi connectivity index (χ1v) is 3.46. The molecule has 0 spiro atoms. The van der Waals surface area contributed by atoms with Gasteiger partial charge in [-0.05, 0) is 24.3 Å². The lowest BCUT2D eigenvalue weighted by molar-refractivity contribution is -0.137. The summed E-state index contributed by atoms with van der Waals surface area (Å²) in [6.45, 7) is 0. The molecule has 0 aliphatic rings. The van der Waals surface area contributed by atoms with Crippen molar-refractivity contribution in [2.45, 2.75) is 6.18 Å². The SMILES string of the molecule is Fc1ccc(C(F)(F)F)cc1.OBO. The summed E-state index contributed by atoms with van der Waals surface area (Å²) in [6.07, 6.45) is -4.38. The van der Waals surface area contributed by atoms with Crippen molar-refractivity contribution in [3.63, 3.8) is 0 Å². The molecule has 1 rings (SSSR count). The molecule has 0 aliphatic heterocycles. The van der Waals surface area contributed by atoms with Crippen LogP contribution < -0.4 is 0 Å². The molecule has 0 bridgehead atoms. The first-order valence-electron chi connectivity index (χ1n) is 3.46. The summed E-state index contributed by atoms with van der Waals surface area (Å²) in [7, 11) is -0.750. The fourth-order valence-corrected chi connectivity index (χ4v) is 0.639. The van der Waals surface area contributed by atoms with Crippen LogP contribution in [0, 0.1) is 5.82 Å². The lowest BCUT2D eigenvalue weighted by atomic mass is 10.2. The lowest BCUT2D eigenvalue weighted by Crippen LogP contribution is -2.03. The van der Waals surface area contributed by atoms with Crippen LogP contribution in [0.1, 0.15) is 5.56 Å². The number of rotatable bonds is 0. The van der Waals surface area contributed by atoms with Crippen molar-refractivity contribution >= 4 is 7.69 Å². The van der Waals surface area contributed by atoms with E-state index in [4.69, 9.17) is 10.0 Å². The molecule has 0 heterocycles. The van der Waals surface area contributed by atoms with Gasteiger partial charge in [-0.15, -0.1) is 0 Å². The Kier molecular flexibility index (Phi) is 5.18. The van der Waals surface area contributed by atoms with E-state index in [0.29, 0.717) is 12.1 Å². The summed E-state index contributed by atoms with van der Waals surface area (Å²) in [5.41, 5.74) is -0.834. The van der Waals surface area contributed by atoms with Gasteiger partial charge in [0.25, 0.3) is 0 Å². The van der Waals surface area contributed by atoms with Crippen LogP contribution in [0.5, 0.6) is 0 Å². The predicted octanol–water partition coefficient (Wildman–Crippen LogP) is 1.08. The Bertz CT molecular complexity index is 259. The van der Waals surface area contributed by atoms with Gasteiger partial charge >= 0.3 is 13.9 Å². The van der Waals surface area contributed by atoms with Crippen LogP contribution in [0.2, 0.25) is 0 Å². The van der Waals surface area contributed by atoms with E-state index >= 15 is 0 Å². The summed E-state index contributed by atoms with van der Waals surface area (Å²) < 4.78 is 47.5. The molecule has 78 valence electrons. The molecular weight excluding hydrogens is 203 g/mol. The third kappa shape index (κ3) is 4.83. The summed E-state index contributed by atoms with van der Waals surface area (Å²) in [5, 5.41) is 14.2. The van der Waals surface area contributed by atoms with E-state index in [9.17, 15) is 17.6 Å². The maximum absolute atomic E-state index is 12.1. The first kappa shape index (κ1) is 12.9. The molecule has 0 saturated heterocycles. The third-order valence-corrected chi connectivity index (χ3v) is 1.17. The van der Waals surface area contributed by atoms with Crippen molar-refractivity contribution in [3.05, 3.63) is 35.6 Å². The fourth-order valence-electron chi connectivity index (χ4n) is 0.639. The zero-order valence-electron chi connectivity index (χ0n) is 6.92. The Balaban J connectivity index is 0.000000500. The van der Waals surface area contributed by atoms with Gasteiger partial charge in [-0.25, -0.2) is 4.39 Å². The molecule has 0 atom stereocenters. The van der Waals surface area contributed by atoms with Gasteiger partial charge in [-0.3, -0.25) is 0 Å². The Labute approximate surface area is 78.1 Å². The minimum atomic E-state index is -4.38. The van der Waals surface area contributed by atoms with Crippen molar-refractivity contribution in [1.82, 2.24) is 0 Å². The number of alkyl halides is 3. The van der Waals surface area contributed by atoms with E-state index in [0.717, 1.165) is 12.1 Å². The molecule has 7 heteroatoms. The highest BCUT2D eigenvalue weighted by molar-refractivity contribution is 6.13.